The molecule has 8 nitrogen and oxygen atoms in total. The predicted octanol–water partition coefficient (Wildman–Crippen LogP) is 0.996. The molecule has 2 aromatic rings. The molecule has 3 N–H and O–H groups in total. The lowest BCUT2D eigenvalue weighted by Gasteiger charge is -2.06. The van der Waals surface area contributed by atoms with Crippen molar-refractivity contribution in [3.8, 4) is 5.75 Å². The number of rotatable bonds is 5. The van der Waals surface area contributed by atoms with Crippen molar-refractivity contribution in [2.75, 3.05) is 6.54 Å². The van der Waals surface area contributed by atoms with Crippen molar-refractivity contribution < 1.29 is 14.8 Å². The smallest absolute Gasteiger partial charge is 0.311 e. The molecule has 20 heavy (non-hydrogen) atoms. The number of nitro groups is 1. The highest BCUT2D eigenvalue weighted by Gasteiger charge is 2.20. The first kappa shape index (κ1) is 13.5. The van der Waals surface area contributed by atoms with E-state index in [4.69, 9.17) is 0 Å². The monoisotopic (exact) mass is 276 g/mol. The highest BCUT2D eigenvalue weighted by atomic mass is 16.6. The van der Waals surface area contributed by atoms with Crippen LogP contribution in [0.5, 0.6) is 5.75 Å². The largest absolute Gasteiger partial charge is 0.502 e. The van der Waals surface area contributed by atoms with Gasteiger partial charge in [0.1, 0.15) is 0 Å². The van der Waals surface area contributed by atoms with Crippen LogP contribution in [0.25, 0.3) is 0 Å². The van der Waals surface area contributed by atoms with E-state index in [1.807, 2.05) is 0 Å². The summed E-state index contributed by atoms with van der Waals surface area (Å²) < 4.78 is 0. The van der Waals surface area contributed by atoms with Crippen LogP contribution in [0, 0.1) is 10.1 Å². The minimum absolute atomic E-state index is 0.121. The number of aromatic nitrogens is 2. The normalized spacial score (nSPS) is 10.2. The van der Waals surface area contributed by atoms with Gasteiger partial charge in [-0.1, -0.05) is 6.07 Å². The third kappa shape index (κ3) is 2.91. The Hall–Kier alpha value is -2.90. The number of hydrogen-bond acceptors (Lipinski definition) is 5. The number of hydrogen-bond donors (Lipinski definition) is 3. The Morgan fingerprint density at radius 2 is 2.30 bits per heavy atom. The van der Waals surface area contributed by atoms with Gasteiger partial charge in [0.25, 0.3) is 5.91 Å². The van der Waals surface area contributed by atoms with E-state index in [0.29, 0.717) is 13.0 Å². The van der Waals surface area contributed by atoms with Gasteiger partial charge in [0.2, 0.25) is 5.75 Å². The molecule has 0 aliphatic rings. The Kier molecular flexibility index (Phi) is 3.94. The summed E-state index contributed by atoms with van der Waals surface area (Å²) in [7, 11) is 0. The molecule has 0 unspecified atom stereocenters. The molecule has 0 aliphatic heterocycles. The number of H-pyrrole nitrogens is 1. The number of nitrogens with one attached hydrogen (secondary N) is 2. The van der Waals surface area contributed by atoms with Crippen LogP contribution in [0.2, 0.25) is 0 Å². The van der Waals surface area contributed by atoms with Gasteiger partial charge in [-0.15, -0.1) is 0 Å². The number of nitrogens with zero attached hydrogens (tertiary/aromatic N) is 2. The Bertz CT molecular complexity index is 624. The first-order chi connectivity index (χ1) is 9.59. The first-order valence-electron chi connectivity index (χ1n) is 5.81. The lowest BCUT2D eigenvalue weighted by molar-refractivity contribution is -0.385. The molecule has 0 spiro atoms. The fraction of sp³-hybridized carbons (Fsp3) is 0.167. The molecule has 1 aromatic carbocycles. The number of phenolic OH excluding ortho intramolecular Hbond substituents is 1. The number of carbonyl (C=O) groups excluding carboxylic acids is 1. The van der Waals surface area contributed by atoms with Crippen LogP contribution in [-0.4, -0.2) is 32.4 Å². The van der Waals surface area contributed by atoms with Gasteiger partial charge in [0.15, 0.2) is 0 Å². The maximum Gasteiger partial charge on any atom is 0.311 e. The molecular weight excluding hydrogens is 264 g/mol. The topological polar surface area (TPSA) is 121 Å². The number of imidazole rings is 1. The van der Waals surface area contributed by atoms with Crippen molar-refractivity contribution in [3.05, 3.63) is 52.1 Å². The Labute approximate surface area is 113 Å². The van der Waals surface area contributed by atoms with Crippen molar-refractivity contribution in [1.82, 2.24) is 15.3 Å². The van der Waals surface area contributed by atoms with Crippen LogP contribution in [0.1, 0.15) is 16.1 Å². The molecule has 0 fully saturated rings. The second-order valence-corrected chi connectivity index (χ2v) is 4.01. The molecule has 0 aliphatic carbocycles. The summed E-state index contributed by atoms with van der Waals surface area (Å²) in [6, 6.07) is 3.81. The highest BCUT2D eigenvalue weighted by molar-refractivity contribution is 5.98. The zero-order valence-electron chi connectivity index (χ0n) is 10.4. The summed E-state index contributed by atoms with van der Waals surface area (Å²) in [4.78, 5) is 28.5. The number of aromatic amines is 1. The second-order valence-electron chi connectivity index (χ2n) is 4.01. The maximum absolute atomic E-state index is 11.8. The molecule has 2 rings (SSSR count). The molecule has 0 atom stereocenters. The average Bonchev–Trinajstić information content (AvgIpc) is 2.91. The van der Waals surface area contributed by atoms with E-state index in [1.165, 1.54) is 18.5 Å². The molecule has 0 radical (unpaired) electrons. The highest BCUT2D eigenvalue weighted by Crippen LogP contribution is 2.28. The van der Waals surface area contributed by atoms with Gasteiger partial charge in [0, 0.05) is 30.9 Å². The predicted molar refractivity (Wildman–Crippen MR) is 69.4 cm³/mol. The number of aromatic hydroxyl groups is 1. The first-order valence-corrected chi connectivity index (χ1v) is 5.81. The van der Waals surface area contributed by atoms with E-state index < -0.39 is 22.3 Å². The van der Waals surface area contributed by atoms with Gasteiger partial charge in [0.05, 0.1) is 16.8 Å². The summed E-state index contributed by atoms with van der Waals surface area (Å²) in [5.74, 6) is -1.19. The van der Waals surface area contributed by atoms with Crippen LogP contribution < -0.4 is 5.32 Å². The minimum Gasteiger partial charge on any atom is -0.502 e. The van der Waals surface area contributed by atoms with E-state index in [-0.39, 0.29) is 5.56 Å². The molecule has 8 heteroatoms. The lowest BCUT2D eigenvalue weighted by Crippen LogP contribution is -2.25. The summed E-state index contributed by atoms with van der Waals surface area (Å²) in [5, 5.41) is 22.9. The maximum atomic E-state index is 11.8. The zero-order chi connectivity index (χ0) is 14.5. The summed E-state index contributed by atoms with van der Waals surface area (Å²) >= 11 is 0. The standard InChI is InChI=1S/C12H12N4O4/c17-11-9(2-1-3-10(11)16(19)20)12(18)14-5-4-8-6-13-7-15-8/h1-3,6-7,17H,4-5H2,(H,13,15)(H,14,18). The molecule has 0 bridgehead atoms. The molecule has 1 aromatic heterocycles. The van der Waals surface area contributed by atoms with Crippen LogP contribution in [0.3, 0.4) is 0 Å². The van der Waals surface area contributed by atoms with Gasteiger partial charge in [-0.3, -0.25) is 14.9 Å². The second kappa shape index (κ2) is 5.83. The quantitative estimate of drug-likeness (QED) is 0.555. The summed E-state index contributed by atoms with van der Waals surface area (Å²) in [6.45, 7) is 0.323. The summed E-state index contributed by atoms with van der Waals surface area (Å²) in [5.41, 5.74) is 0.239. The SMILES string of the molecule is O=C(NCCc1cnc[nH]1)c1cccc([N+](=O)[O-])c1O. The van der Waals surface area contributed by atoms with E-state index in [9.17, 15) is 20.0 Å². The Morgan fingerprint density at radius 3 is 2.95 bits per heavy atom. The number of carbonyl (C=O) groups is 1. The molecule has 0 saturated heterocycles. The van der Waals surface area contributed by atoms with Gasteiger partial charge >= 0.3 is 5.69 Å². The van der Waals surface area contributed by atoms with E-state index in [1.54, 1.807) is 6.20 Å². The van der Waals surface area contributed by atoms with Crippen LogP contribution in [-0.2, 0) is 6.42 Å². The average molecular weight is 276 g/mol. The zero-order valence-corrected chi connectivity index (χ0v) is 10.4. The van der Waals surface area contributed by atoms with Crippen LogP contribution in [0.4, 0.5) is 5.69 Å². The number of nitro benzene ring substituents is 1. The third-order valence-corrected chi connectivity index (χ3v) is 2.69. The van der Waals surface area contributed by atoms with Crippen molar-refractivity contribution in [2.45, 2.75) is 6.42 Å². The molecule has 0 saturated carbocycles. The van der Waals surface area contributed by atoms with Gasteiger partial charge < -0.3 is 15.4 Å². The number of para-hydroxylation sites is 1. The number of amides is 1. The fourth-order valence-corrected chi connectivity index (χ4v) is 1.69. The van der Waals surface area contributed by atoms with Crippen molar-refractivity contribution in [2.24, 2.45) is 0 Å². The van der Waals surface area contributed by atoms with Crippen molar-refractivity contribution in [1.29, 1.82) is 0 Å². The minimum atomic E-state index is -0.739. The fourth-order valence-electron chi connectivity index (χ4n) is 1.69. The summed E-state index contributed by atoms with van der Waals surface area (Å²) in [6.07, 6.45) is 3.71. The lowest BCUT2D eigenvalue weighted by atomic mass is 10.1. The van der Waals surface area contributed by atoms with Crippen LogP contribution in [0.15, 0.2) is 30.7 Å². The van der Waals surface area contributed by atoms with Gasteiger partial charge in [-0.05, 0) is 6.07 Å². The van der Waals surface area contributed by atoms with E-state index in [2.05, 4.69) is 15.3 Å². The van der Waals surface area contributed by atoms with Gasteiger partial charge in [-0.25, -0.2) is 4.98 Å². The number of benzene rings is 1. The van der Waals surface area contributed by atoms with Crippen molar-refractivity contribution >= 4 is 11.6 Å². The van der Waals surface area contributed by atoms with Crippen molar-refractivity contribution in [3.63, 3.8) is 0 Å². The molecule has 1 amide bonds. The molecule has 1 heterocycles. The number of phenols is 1. The molecule has 104 valence electrons. The third-order valence-electron chi connectivity index (χ3n) is 2.69. The van der Waals surface area contributed by atoms with E-state index >= 15 is 0 Å². The van der Waals surface area contributed by atoms with Crippen LogP contribution >= 0.6 is 0 Å². The molecular formula is C12H12N4O4. The Balaban J connectivity index is 2.02. The van der Waals surface area contributed by atoms with Gasteiger partial charge in [-0.2, -0.15) is 0 Å². The Morgan fingerprint density at radius 1 is 1.50 bits per heavy atom. The van der Waals surface area contributed by atoms with E-state index in [0.717, 1.165) is 11.8 Å².